The number of ether oxygens (including phenoxy) is 2. The van der Waals surface area contributed by atoms with Crippen LogP contribution in [0.3, 0.4) is 0 Å². The minimum Gasteiger partial charge on any atom is -0.494 e. The number of morpholine rings is 1. The lowest BCUT2D eigenvalue weighted by Gasteiger charge is -2.22. The zero-order valence-electron chi connectivity index (χ0n) is 11.9. The average molecular weight is 278 g/mol. The predicted molar refractivity (Wildman–Crippen MR) is 76.9 cm³/mol. The van der Waals surface area contributed by atoms with Crippen LogP contribution in [-0.2, 0) is 9.53 Å². The van der Waals surface area contributed by atoms with Crippen LogP contribution >= 0.6 is 0 Å². The molecule has 1 unspecified atom stereocenters. The number of hydrogen-bond acceptors (Lipinski definition) is 4. The first kappa shape index (κ1) is 14.8. The van der Waals surface area contributed by atoms with Crippen molar-refractivity contribution < 1.29 is 14.3 Å². The van der Waals surface area contributed by atoms with Crippen LogP contribution < -0.4 is 15.4 Å². The molecule has 1 amide bonds. The van der Waals surface area contributed by atoms with Crippen molar-refractivity contribution in [2.75, 3.05) is 32.8 Å². The summed E-state index contributed by atoms with van der Waals surface area (Å²) in [6, 6.07) is 7.94. The second kappa shape index (κ2) is 7.87. The van der Waals surface area contributed by atoms with E-state index in [1.54, 1.807) is 0 Å². The number of amides is 1. The van der Waals surface area contributed by atoms with Crippen LogP contribution in [0.4, 0.5) is 0 Å². The second-order valence-corrected chi connectivity index (χ2v) is 4.87. The van der Waals surface area contributed by atoms with E-state index in [0.29, 0.717) is 26.3 Å². The number of hydrogen-bond donors (Lipinski definition) is 2. The van der Waals surface area contributed by atoms with Gasteiger partial charge in [0.2, 0.25) is 5.91 Å². The minimum absolute atomic E-state index is 0.0486. The summed E-state index contributed by atoms with van der Waals surface area (Å²) in [4.78, 5) is 11.8. The van der Waals surface area contributed by atoms with Gasteiger partial charge >= 0.3 is 0 Å². The molecule has 0 saturated carbocycles. The molecule has 0 spiro atoms. The third-order valence-electron chi connectivity index (χ3n) is 3.13. The molecule has 1 fully saturated rings. The van der Waals surface area contributed by atoms with Crippen molar-refractivity contribution in [3.8, 4) is 5.75 Å². The fourth-order valence-electron chi connectivity index (χ4n) is 1.96. The van der Waals surface area contributed by atoms with E-state index in [2.05, 4.69) is 10.6 Å². The van der Waals surface area contributed by atoms with E-state index >= 15 is 0 Å². The Hall–Kier alpha value is -1.59. The lowest BCUT2D eigenvalue weighted by Crippen LogP contribution is -2.48. The van der Waals surface area contributed by atoms with Crippen molar-refractivity contribution in [2.45, 2.75) is 19.4 Å². The molecule has 5 heteroatoms. The molecule has 20 heavy (non-hydrogen) atoms. The van der Waals surface area contributed by atoms with Crippen LogP contribution in [0.15, 0.2) is 24.3 Å². The third-order valence-corrected chi connectivity index (χ3v) is 3.13. The van der Waals surface area contributed by atoms with Gasteiger partial charge in [0, 0.05) is 19.6 Å². The molecule has 1 heterocycles. The Morgan fingerprint density at radius 2 is 2.25 bits per heavy atom. The number of carbonyl (C=O) groups is 1. The van der Waals surface area contributed by atoms with Crippen molar-refractivity contribution in [3.63, 3.8) is 0 Å². The number of nitrogens with one attached hydrogen (secondary N) is 2. The molecule has 1 atom stereocenters. The van der Waals surface area contributed by atoms with Gasteiger partial charge in [-0.2, -0.15) is 0 Å². The highest BCUT2D eigenvalue weighted by molar-refractivity contribution is 5.81. The van der Waals surface area contributed by atoms with E-state index in [-0.39, 0.29) is 12.0 Å². The second-order valence-electron chi connectivity index (χ2n) is 4.87. The van der Waals surface area contributed by atoms with E-state index in [1.807, 2.05) is 31.2 Å². The first-order valence-corrected chi connectivity index (χ1v) is 7.05. The summed E-state index contributed by atoms with van der Waals surface area (Å²) in [6.45, 7) is 5.23. The summed E-state index contributed by atoms with van der Waals surface area (Å²) in [6.07, 6.45) is 0.418. The Morgan fingerprint density at radius 3 is 2.95 bits per heavy atom. The topological polar surface area (TPSA) is 59.6 Å². The monoisotopic (exact) mass is 278 g/mol. The van der Waals surface area contributed by atoms with E-state index in [1.165, 1.54) is 5.56 Å². The lowest BCUT2D eigenvalue weighted by atomic mass is 10.2. The van der Waals surface area contributed by atoms with Gasteiger partial charge in [-0.3, -0.25) is 4.79 Å². The Morgan fingerprint density at radius 1 is 1.45 bits per heavy atom. The summed E-state index contributed by atoms with van der Waals surface area (Å²) in [7, 11) is 0. The smallest absolute Gasteiger partial charge is 0.250 e. The molecule has 0 aromatic heterocycles. The maximum Gasteiger partial charge on any atom is 0.250 e. The normalized spacial score (nSPS) is 18.6. The quantitative estimate of drug-likeness (QED) is 0.758. The van der Waals surface area contributed by atoms with E-state index in [4.69, 9.17) is 9.47 Å². The zero-order chi connectivity index (χ0) is 14.2. The van der Waals surface area contributed by atoms with Crippen molar-refractivity contribution in [2.24, 2.45) is 0 Å². The Bertz CT molecular complexity index is 414. The summed E-state index contributed by atoms with van der Waals surface area (Å²) in [5, 5.41) is 6.00. The molecular formula is C15H22N2O3. The molecule has 0 aliphatic carbocycles. The molecule has 1 aromatic carbocycles. The summed E-state index contributed by atoms with van der Waals surface area (Å²) >= 11 is 0. The first-order valence-electron chi connectivity index (χ1n) is 7.05. The maximum absolute atomic E-state index is 11.8. The van der Waals surface area contributed by atoms with Gasteiger partial charge < -0.3 is 20.1 Å². The Labute approximate surface area is 119 Å². The average Bonchev–Trinajstić information content (AvgIpc) is 2.49. The van der Waals surface area contributed by atoms with Crippen molar-refractivity contribution >= 4 is 5.91 Å². The van der Waals surface area contributed by atoms with Crippen molar-refractivity contribution in [1.29, 1.82) is 0 Å². The largest absolute Gasteiger partial charge is 0.494 e. The van der Waals surface area contributed by atoms with Gasteiger partial charge in [0.1, 0.15) is 11.9 Å². The van der Waals surface area contributed by atoms with Gasteiger partial charge in [-0.1, -0.05) is 17.7 Å². The number of rotatable bonds is 6. The fourth-order valence-corrected chi connectivity index (χ4v) is 1.96. The molecule has 0 radical (unpaired) electrons. The molecular weight excluding hydrogens is 256 g/mol. The van der Waals surface area contributed by atoms with Crippen LogP contribution in [0.1, 0.15) is 12.0 Å². The standard InChI is InChI=1S/C15H22N2O3/c1-12-3-5-13(6-4-12)19-9-2-7-17-15(18)14-11-16-8-10-20-14/h3-6,14,16H,2,7-11H2,1H3,(H,17,18). The van der Waals surface area contributed by atoms with Crippen LogP contribution in [-0.4, -0.2) is 44.9 Å². The predicted octanol–water partition coefficient (Wildman–Crippen LogP) is 0.869. The lowest BCUT2D eigenvalue weighted by molar-refractivity contribution is -0.134. The van der Waals surface area contributed by atoms with Gasteiger partial charge in [-0.25, -0.2) is 0 Å². The van der Waals surface area contributed by atoms with Gasteiger partial charge in [-0.05, 0) is 25.5 Å². The molecule has 0 bridgehead atoms. The van der Waals surface area contributed by atoms with Gasteiger partial charge in [0.15, 0.2) is 0 Å². The van der Waals surface area contributed by atoms with E-state index in [9.17, 15) is 4.79 Å². The van der Waals surface area contributed by atoms with Gasteiger partial charge in [0.05, 0.1) is 13.2 Å². The molecule has 2 N–H and O–H groups in total. The SMILES string of the molecule is Cc1ccc(OCCCNC(=O)C2CNCCO2)cc1. The maximum atomic E-state index is 11.8. The van der Waals surface area contributed by atoms with Crippen LogP contribution in [0.2, 0.25) is 0 Å². The molecule has 5 nitrogen and oxygen atoms in total. The van der Waals surface area contributed by atoms with Gasteiger partial charge in [-0.15, -0.1) is 0 Å². The fraction of sp³-hybridized carbons (Fsp3) is 0.533. The summed E-state index contributed by atoms with van der Waals surface area (Å²) in [5.74, 6) is 0.814. The first-order chi connectivity index (χ1) is 9.75. The zero-order valence-corrected chi connectivity index (χ0v) is 11.9. The number of benzene rings is 1. The van der Waals surface area contributed by atoms with Gasteiger partial charge in [0.25, 0.3) is 0 Å². The van der Waals surface area contributed by atoms with E-state index < -0.39 is 0 Å². The molecule has 1 aromatic rings. The van der Waals surface area contributed by atoms with Crippen LogP contribution in [0, 0.1) is 6.92 Å². The Kier molecular flexibility index (Phi) is 5.83. The summed E-state index contributed by atoms with van der Waals surface area (Å²) < 4.78 is 11.0. The minimum atomic E-state index is -0.359. The number of carbonyl (C=O) groups excluding carboxylic acids is 1. The Balaban J connectivity index is 1.57. The highest BCUT2D eigenvalue weighted by Gasteiger charge is 2.20. The molecule has 1 saturated heterocycles. The highest BCUT2D eigenvalue weighted by atomic mass is 16.5. The molecule has 2 rings (SSSR count). The molecule has 1 aliphatic rings. The van der Waals surface area contributed by atoms with Crippen LogP contribution in [0.5, 0.6) is 5.75 Å². The number of aryl methyl sites for hydroxylation is 1. The summed E-state index contributed by atoms with van der Waals surface area (Å²) in [5.41, 5.74) is 1.21. The highest BCUT2D eigenvalue weighted by Crippen LogP contribution is 2.11. The van der Waals surface area contributed by atoms with Crippen LogP contribution in [0.25, 0.3) is 0 Å². The van der Waals surface area contributed by atoms with Crippen molar-refractivity contribution in [1.82, 2.24) is 10.6 Å². The van der Waals surface area contributed by atoms with E-state index in [0.717, 1.165) is 18.7 Å². The third kappa shape index (κ3) is 4.83. The molecule has 110 valence electrons. The van der Waals surface area contributed by atoms with Crippen molar-refractivity contribution in [3.05, 3.63) is 29.8 Å². The molecule has 1 aliphatic heterocycles.